The summed E-state index contributed by atoms with van der Waals surface area (Å²) in [7, 11) is 1.68. The third-order valence-electron chi connectivity index (χ3n) is 4.90. The van der Waals surface area contributed by atoms with Crippen LogP contribution >= 0.6 is 11.6 Å². The highest BCUT2D eigenvalue weighted by molar-refractivity contribution is 6.30. The minimum atomic E-state index is 0.153. The minimum Gasteiger partial charge on any atom is -0.497 e. The van der Waals surface area contributed by atoms with Gasteiger partial charge >= 0.3 is 0 Å². The molecule has 0 spiro atoms. The van der Waals surface area contributed by atoms with Crippen molar-refractivity contribution in [3.8, 4) is 11.5 Å². The van der Waals surface area contributed by atoms with Crippen molar-refractivity contribution in [1.29, 1.82) is 0 Å². The SMILES string of the molecule is COc1ccc(CN2CCCN(C(=O)CCOc3ccc(Cl)cc3)CC2)cc1. The number of hydrogen-bond acceptors (Lipinski definition) is 4. The molecule has 0 unspecified atom stereocenters. The summed E-state index contributed by atoms with van der Waals surface area (Å²) in [6.07, 6.45) is 1.38. The van der Waals surface area contributed by atoms with E-state index in [1.165, 1.54) is 5.56 Å². The number of nitrogens with zero attached hydrogens (tertiary/aromatic N) is 2. The molecule has 0 aliphatic carbocycles. The average molecular weight is 403 g/mol. The lowest BCUT2D eigenvalue weighted by Crippen LogP contribution is -2.35. The monoisotopic (exact) mass is 402 g/mol. The number of benzene rings is 2. The van der Waals surface area contributed by atoms with E-state index in [0.717, 1.165) is 50.6 Å². The Morgan fingerprint density at radius 3 is 2.39 bits per heavy atom. The molecule has 6 heteroatoms. The molecular weight excluding hydrogens is 376 g/mol. The molecule has 5 nitrogen and oxygen atoms in total. The summed E-state index contributed by atoms with van der Waals surface area (Å²) in [6, 6.07) is 15.4. The van der Waals surface area contributed by atoms with Crippen LogP contribution in [0.1, 0.15) is 18.4 Å². The standard InChI is InChI=1S/C22H27ClN2O3/c1-27-20-7-3-18(4-8-20)17-24-12-2-13-25(15-14-24)22(26)11-16-28-21-9-5-19(23)6-10-21/h3-10H,2,11-17H2,1H3. The van der Waals surface area contributed by atoms with Gasteiger partial charge in [-0.3, -0.25) is 9.69 Å². The Morgan fingerprint density at radius 2 is 1.68 bits per heavy atom. The van der Waals surface area contributed by atoms with Gasteiger partial charge in [-0.15, -0.1) is 0 Å². The molecule has 2 aromatic carbocycles. The molecule has 1 amide bonds. The number of carbonyl (C=O) groups is 1. The molecule has 3 rings (SSSR count). The van der Waals surface area contributed by atoms with Crippen LogP contribution in [0.15, 0.2) is 48.5 Å². The second kappa shape index (κ2) is 10.3. The second-order valence-corrected chi connectivity index (χ2v) is 7.35. The lowest BCUT2D eigenvalue weighted by Gasteiger charge is -2.22. The first-order chi connectivity index (χ1) is 13.6. The summed E-state index contributed by atoms with van der Waals surface area (Å²) < 4.78 is 10.9. The molecule has 150 valence electrons. The van der Waals surface area contributed by atoms with Gasteiger partial charge in [0.05, 0.1) is 20.1 Å². The van der Waals surface area contributed by atoms with Gasteiger partial charge in [0.1, 0.15) is 11.5 Å². The van der Waals surface area contributed by atoms with Crippen LogP contribution in [-0.4, -0.2) is 55.6 Å². The van der Waals surface area contributed by atoms with Gasteiger partial charge < -0.3 is 14.4 Å². The molecule has 0 atom stereocenters. The number of methoxy groups -OCH3 is 1. The Morgan fingerprint density at radius 1 is 0.964 bits per heavy atom. The van der Waals surface area contributed by atoms with Crippen LogP contribution in [0.4, 0.5) is 0 Å². The first kappa shape index (κ1) is 20.5. The quantitative estimate of drug-likeness (QED) is 0.705. The Balaban J connectivity index is 1.42. The fraction of sp³-hybridized carbons (Fsp3) is 0.409. The maximum atomic E-state index is 12.5. The molecule has 1 fully saturated rings. The number of hydrogen-bond donors (Lipinski definition) is 0. The van der Waals surface area contributed by atoms with Crippen molar-refractivity contribution in [3.63, 3.8) is 0 Å². The van der Waals surface area contributed by atoms with Crippen LogP contribution in [0.3, 0.4) is 0 Å². The zero-order chi connectivity index (χ0) is 19.8. The number of carbonyl (C=O) groups excluding carboxylic acids is 1. The van der Waals surface area contributed by atoms with E-state index < -0.39 is 0 Å². The molecule has 0 aromatic heterocycles. The van der Waals surface area contributed by atoms with E-state index >= 15 is 0 Å². The van der Waals surface area contributed by atoms with Gasteiger partial charge in [-0.1, -0.05) is 23.7 Å². The fourth-order valence-electron chi connectivity index (χ4n) is 3.31. The van der Waals surface area contributed by atoms with Crippen LogP contribution in [0.25, 0.3) is 0 Å². The normalized spacial score (nSPS) is 15.1. The van der Waals surface area contributed by atoms with E-state index in [1.807, 2.05) is 29.2 Å². The first-order valence-corrected chi connectivity index (χ1v) is 10.0. The van der Waals surface area contributed by atoms with Gasteiger partial charge in [-0.05, 0) is 48.4 Å². The van der Waals surface area contributed by atoms with Crippen LogP contribution in [-0.2, 0) is 11.3 Å². The Hall–Kier alpha value is -2.24. The first-order valence-electron chi connectivity index (χ1n) is 9.65. The van der Waals surface area contributed by atoms with E-state index in [4.69, 9.17) is 21.1 Å². The molecule has 1 aliphatic rings. The topological polar surface area (TPSA) is 42.0 Å². The zero-order valence-electron chi connectivity index (χ0n) is 16.3. The highest BCUT2D eigenvalue weighted by Gasteiger charge is 2.19. The molecule has 0 saturated carbocycles. The predicted octanol–water partition coefficient (Wildman–Crippen LogP) is 3.85. The van der Waals surface area contributed by atoms with Crippen LogP contribution in [0.5, 0.6) is 11.5 Å². The molecular formula is C22H27ClN2O3. The van der Waals surface area contributed by atoms with Crippen molar-refractivity contribution < 1.29 is 14.3 Å². The van der Waals surface area contributed by atoms with E-state index in [9.17, 15) is 4.79 Å². The largest absolute Gasteiger partial charge is 0.497 e. The summed E-state index contributed by atoms with van der Waals surface area (Å²) in [5.41, 5.74) is 1.26. The van der Waals surface area contributed by atoms with Crippen molar-refractivity contribution in [3.05, 3.63) is 59.1 Å². The third kappa shape index (κ3) is 6.14. The molecule has 1 aliphatic heterocycles. The lowest BCUT2D eigenvalue weighted by molar-refractivity contribution is -0.131. The summed E-state index contributed by atoms with van der Waals surface area (Å²) in [5, 5.41) is 0.673. The zero-order valence-corrected chi connectivity index (χ0v) is 17.0. The van der Waals surface area contributed by atoms with Crippen molar-refractivity contribution in [2.45, 2.75) is 19.4 Å². The van der Waals surface area contributed by atoms with Crippen molar-refractivity contribution in [2.75, 3.05) is 39.9 Å². The van der Waals surface area contributed by atoms with Gasteiger partial charge in [0, 0.05) is 37.7 Å². The van der Waals surface area contributed by atoms with E-state index in [2.05, 4.69) is 17.0 Å². The summed E-state index contributed by atoms with van der Waals surface area (Å²) >= 11 is 5.86. The summed E-state index contributed by atoms with van der Waals surface area (Å²) in [5.74, 6) is 1.76. The lowest BCUT2D eigenvalue weighted by atomic mass is 10.2. The number of rotatable bonds is 7. The van der Waals surface area contributed by atoms with E-state index in [0.29, 0.717) is 18.1 Å². The van der Waals surface area contributed by atoms with Crippen LogP contribution < -0.4 is 9.47 Å². The smallest absolute Gasteiger partial charge is 0.226 e. The predicted molar refractivity (Wildman–Crippen MR) is 111 cm³/mol. The van der Waals surface area contributed by atoms with Crippen LogP contribution in [0, 0.1) is 0 Å². The van der Waals surface area contributed by atoms with Gasteiger partial charge in [-0.25, -0.2) is 0 Å². The van der Waals surface area contributed by atoms with Gasteiger partial charge in [0.2, 0.25) is 5.91 Å². The highest BCUT2D eigenvalue weighted by atomic mass is 35.5. The van der Waals surface area contributed by atoms with Gasteiger partial charge in [0.15, 0.2) is 0 Å². The van der Waals surface area contributed by atoms with Crippen LogP contribution in [0.2, 0.25) is 5.02 Å². The van der Waals surface area contributed by atoms with Crippen molar-refractivity contribution >= 4 is 17.5 Å². The van der Waals surface area contributed by atoms with Crippen molar-refractivity contribution in [1.82, 2.24) is 9.80 Å². The fourth-order valence-corrected chi connectivity index (χ4v) is 3.44. The molecule has 1 heterocycles. The molecule has 0 bridgehead atoms. The molecule has 2 aromatic rings. The van der Waals surface area contributed by atoms with Crippen molar-refractivity contribution in [2.24, 2.45) is 0 Å². The number of halogens is 1. The number of ether oxygens (including phenoxy) is 2. The average Bonchev–Trinajstić information content (AvgIpc) is 2.96. The molecule has 1 saturated heterocycles. The number of amides is 1. The molecule has 0 radical (unpaired) electrons. The summed E-state index contributed by atoms with van der Waals surface area (Å²) in [4.78, 5) is 16.9. The minimum absolute atomic E-state index is 0.153. The maximum absolute atomic E-state index is 12.5. The van der Waals surface area contributed by atoms with Gasteiger partial charge in [-0.2, -0.15) is 0 Å². The van der Waals surface area contributed by atoms with Gasteiger partial charge in [0.25, 0.3) is 0 Å². The Labute approximate surface area is 171 Å². The Bertz CT molecular complexity index is 749. The molecule has 28 heavy (non-hydrogen) atoms. The third-order valence-corrected chi connectivity index (χ3v) is 5.16. The highest BCUT2D eigenvalue weighted by Crippen LogP contribution is 2.16. The summed E-state index contributed by atoms with van der Waals surface area (Å²) in [6.45, 7) is 4.72. The maximum Gasteiger partial charge on any atom is 0.226 e. The van der Waals surface area contributed by atoms with E-state index in [-0.39, 0.29) is 5.91 Å². The molecule has 0 N–H and O–H groups in total. The second-order valence-electron chi connectivity index (χ2n) is 6.91. The Kier molecular flexibility index (Phi) is 7.57. The van der Waals surface area contributed by atoms with E-state index in [1.54, 1.807) is 19.2 Å².